The maximum Gasteiger partial charge on any atom is 0.255 e. The van der Waals surface area contributed by atoms with Crippen molar-refractivity contribution >= 4 is 17.7 Å². The molecule has 0 unspecified atom stereocenters. The van der Waals surface area contributed by atoms with Crippen LogP contribution in [-0.4, -0.2) is 72.4 Å². The summed E-state index contributed by atoms with van der Waals surface area (Å²) in [6, 6.07) is 4.08. The number of nitrogens with zero attached hydrogens (tertiary/aromatic N) is 2. The molecule has 0 saturated carbocycles. The molecule has 3 fully saturated rings. The molecular formula is C22H26N4O4. The molecule has 8 nitrogen and oxygen atoms in total. The van der Waals surface area contributed by atoms with Crippen LogP contribution in [0.4, 0.5) is 0 Å². The van der Waals surface area contributed by atoms with E-state index in [1.165, 1.54) is 5.56 Å². The lowest BCUT2D eigenvalue weighted by Crippen LogP contribution is -2.60. The van der Waals surface area contributed by atoms with Crippen molar-refractivity contribution in [2.75, 3.05) is 32.8 Å². The van der Waals surface area contributed by atoms with Gasteiger partial charge in [-0.2, -0.15) is 0 Å². The fourth-order valence-electron chi connectivity index (χ4n) is 5.75. The van der Waals surface area contributed by atoms with Gasteiger partial charge in [0.25, 0.3) is 5.91 Å². The first-order valence-electron chi connectivity index (χ1n) is 10.9. The minimum absolute atomic E-state index is 0.0309. The van der Waals surface area contributed by atoms with E-state index in [4.69, 9.17) is 4.74 Å². The second-order valence-electron chi connectivity index (χ2n) is 9.29. The van der Waals surface area contributed by atoms with Crippen LogP contribution >= 0.6 is 0 Å². The summed E-state index contributed by atoms with van der Waals surface area (Å²) in [5, 5.41) is 5.72. The lowest BCUT2D eigenvalue weighted by Gasteiger charge is -2.45. The predicted molar refractivity (Wildman–Crippen MR) is 107 cm³/mol. The van der Waals surface area contributed by atoms with Crippen LogP contribution in [-0.2, 0) is 21.5 Å². The molecule has 3 saturated heterocycles. The monoisotopic (exact) mass is 410 g/mol. The molecule has 8 heteroatoms. The van der Waals surface area contributed by atoms with Gasteiger partial charge in [-0.05, 0) is 38.4 Å². The van der Waals surface area contributed by atoms with Gasteiger partial charge >= 0.3 is 0 Å². The number of carbonyl (C=O) groups excluding carboxylic acids is 3. The van der Waals surface area contributed by atoms with Crippen molar-refractivity contribution in [3.63, 3.8) is 0 Å². The fraction of sp³-hybridized carbons (Fsp3) is 0.591. The maximum atomic E-state index is 13.0. The number of piperidine rings is 2. The summed E-state index contributed by atoms with van der Waals surface area (Å²) in [6.07, 6.45) is 2.78. The highest BCUT2D eigenvalue weighted by Gasteiger charge is 2.48. The fourth-order valence-corrected chi connectivity index (χ4v) is 5.75. The van der Waals surface area contributed by atoms with Crippen LogP contribution < -0.4 is 15.4 Å². The minimum atomic E-state index is -0.590. The summed E-state index contributed by atoms with van der Waals surface area (Å²) in [5.74, 6) is 0.0726. The van der Waals surface area contributed by atoms with E-state index in [9.17, 15) is 14.4 Å². The molecule has 1 spiro atoms. The van der Waals surface area contributed by atoms with Gasteiger partial charge in [-0.25, -0.2) is 0 Å². The Labute approximate surface area is 174 Å². The van der Waals surface area contributed by atoms with E-state index in [2.05, 4.69) is 21.6 Å². The third kappa shape index (κ3) is 2.56. The van der Waals surface area contributed by atoms with Crippen LogP contribution in [0.2, 0.25) is 0 Å². The molecular weight excluding hydrogens is 384 g/mol. The molecule has 5 heterocycles. The Balaban J connectivity index is 1.25. The van der Waals surface area contributed by atoms with Crippen LogP contribution in [0.5, 0.6) is 5.75 Å². The molecule has 1 atom stereocenters. The highest BCUT2D eigenvalue weighted by Crippen LogP contribution is 2.49. The second kappa shape index (κ2) is 6.52. The van der Waals surface area contributed by atoms with Crippen molar-refractivity contribution in [3.8, 4) is 5.75 Å². The summed E-state index contributed by atoms with van der Waals surface area (Å²) in [4.78, 5) is 41.0. The van der Waals surface area contributed by atoms with Gasteiger partial charge in [0.15, 0.2) is 0 Å². The molecule has 30 heavy (non-hydrogen) atoms. The first-order valence-corrected chi connectivity index (χ1v) is 10.9. The summed E-state index contributed by atoms with van der Waals surface area (Å²) in [6.45, 7) is 5.38. The first kappa shape index (κ1) is 18.3. The number of rotatable bonds is 2. The highest BCUT2D eigenvalue weighted by atomic mass is 16.5. The quantitative estimate of drug-likeness (QED) is 0.675. The minimum Gasteiger partial charge on any atom is -0.492 e. The van der Waals surface area contributed by atoms with Crippen LogP contribution in [0.3, 0.4) is 0 Å². The van der Waals surface area contributed by atoms with Gasteiger partial charge in [0.05, 0.1) is 13.2 Å². The molecule has 0 aromatic heterocycles. The van der Waals surface area contributed by atoms with Gasteiger partial charge in [-0.3, -0.25) is 24.6 Å². The van der Waals surface area contributed by atoms with Gasteiger partial charge in [0.1, 0.15) is 11.8 Å². The SMILES string of the molecule is O=C1CC[C@H](N2Cc3c(ccc4c3OCC43CCN(C4CNC4)CC3)C2=O)C(=O)N1. The molecule has 3 amide bonds. The van der Waals surface area contributed by atoms with Crippen LogP contribution in [0.15, 0.2) is 12.1 Å². The number of hydrogen-bond acceptors (Lipinski definition) is 6. The van der Waals surface area contributed by atoms with E-state index in [0.717, 1.165) is 50.3 Å². The van der Waals surface area contributed by atoms with Crippen molar-refractivity contribution in [1.82, 2.24) is 20.4 Å². The predicted octanol–water partition coefficient (Wildman–Crippen LogP) is 0.145. The number of hydrogen-bond donors (Lipinski definition) is 2. The third-order valence-corrected chi connectivity index (χ3v) is 7.76. The highest BCUT2D eigenvalue weighted by molar-refractivity contribution is 6.05. The summed E-state index contributed by atoms with van der Waals surface area (Å²) in [5.41, 5.74) is 2.80. The number of ether oxygens (including phenoxy) is 1. The summed E-state index contributed by atoms with van der Waals surface area (Å²) in [7, 11) is 0. The van der Waals surface area contributed by atoms with Gasteiger partial charge < -0.3 is 15.0 Å². The number of benzene rings is 1. The molecule has 0 bridgehead atoms. The number of nitrogens with one attached hydrogen (secondary N) is 2. The van der Waals surface area contributed by atoms with Crippen LogP contribution in [0.1, 0.15) is 47.2 Å². The Morgan fingerprint density at radius 2 is 1.90 bits per heavy atom. The smallest absolute Gasteiger partial charge is 0.255 e. The Bertz CT molecular complexity index is 949. The number of amides is 3. The Morgan fingerprint density at radius 3 is 2.60 bits per heavy atom. The summed E-state index contributed by atoms with van der Waals surface area (Å²) < 4.78 is 6.23. The van der Waals surface area contributed by atoms with Crippen molar-refractivity contribution in [3.05, 3.63) is 28.8 Å². The van der Waals surface area contributed by atoms with Crippen molar-refractivity contribution < 1.29 is 19.1 Å². The Kier molecular flexibility index (Phi) is 3.98. The molecule has 6 rings (SSSR count). The van der Waals surface area contributed by atoms with Gasteiger partial charge in [0.2, 0.25) is 11.8 Å². The molecule has 0 radical (unpaired) electrons. The van der Waals surface area contributed by atoms with E-state index >= 15 is 0 Å². The van der Waals surface area contributed by atoms with E-state index in [-0.39, 0.29) is 29.6 Å². The standard InChI is InChI=1S/C22H26N4O4/c27-18-4-3-17(20(28)24-18)26-11-15-14(21(26)29)1-2-16-19(15)30-12-22(16)5-7-25(8-6-22)13-9-23-10-13/h1-2,13,17,23H,3-12H2,(H,24,27,28)/t17-/m0/s1. The average molecular weight is 410 g/mol. The Morgan fingerprint density at radius 1 is 1.10 bits per heavy atom. The first-order chi connectivity index (χ1) is 14.6. The number of likely N-dealkylation sites (tertiary alicyclic amines) is 1. The van der Waals surface area contributed by atoms with E-state index in [1.54, 1.807) is 4.90 Å². The van der Waals surface area contributed by atoms with E-state index in [0.29, 0.717) is 31.2 Å². The summed E-state index contributed by atoms with van der Waals surface area (Å²) >= 11 is 0. The molecule has 5 aliphatic rings. The molecule has 158 valence electrons. The van der Waals surface area contributed by atoms with E-state index in [1.807, 2.05) is 6.07 Å². The van der Waals surface area contributed by atoms with Crippen molar-refractivity contribution in [1.29, 1.82) is 0 Å². The zero-order chi connectivity index (χ0) is 20.5. The number of fused-ring (bicyclic) bond motifs is 4. The van der Waals surface area contributed by atoms with Gasteiger partial charge in [-0.15, -0.1) is 0 Å². The van der Waals surface area contributed by atoms with Crippen LogP contribution in [0.25, 0.3) is 0 Å². The lowest BCUT2D eigenvalue weighted by molar-refractivity contribution is -0.136. The van der Waals surface area contributed by atoms with E-state index < -0.39 is 6.04 Å². The van der Waals surface area contributed by atoms with Crippen molar-refractivity contribution in [2.24, 2.45) is 0 Å². The zero-order valence-electron chi connectivity index (χ0n) is 16.9. The van der Waals surface area contributed by atoms with Gasteiger partial charge in [0, 0.05) is 47.7 Å². The molecule has 2 N–H and O–H groups in total. The zero-order valence-corrected chi connectivity index (χ0v) is 16.9. The normalized spacial score (nSPS) is 28.2. The number of imide groups is 1. The largest absolute Gasteiger partial charge is 0.492 e. The van der Waals surface area contributed by atoms with Crippen molar-refractivity contribution in [2.45, 2.75) is 49.7 Å². The number of carbonyl (C=O) groups is 3. The molecule has 1 aromatic rings. The topological polar surface area (TPSA) is 91.0 Å². The lowest BCUT2D eigenvalue weighted by atomic mass is 9.73. The average Bonchev–Trinajstić information content (AvgIpc) is 3.21. The molecule has 1 aromatic carbocycles. The molecule has 0 aliphatic carbocycles. The molecule has 5 aliphatic heterocycles. The van der Waals surface area contributed by atoms with Gasteiger partial charge in [-0.1, -0.05) is 6.07 Å². The maximum absolute atomic E-state index is 13.0. The second-order valence-corrected chi connectivity index (χ2v) is 9.29. The van der Waals surface area contributed by atoms with Crippen LogP contribution in [0, 0.1) is 0 Å². The third-order valence-electron chi connectivity index (χ3n) is 7.76. The Hall–Kier alpha value is -2.45.